The summed E-state index contributed by atoms with van der Waals surface area (Å²) in [6.07, 6.45) is 0. The van der Waals surface area contributed by atoms with Crippen molar-refractivity contribution in [1.29, 1.82) is 0 Å². The first kappa shape index (κ1) is 24.5. The summed E-state index contributed by atoms with van der Waals surface area (Å²) in [6, 6.07) is 0. The Balaban J connectivity index is -0.0000000450. The van der Waals surface area contributed by atoms with Gasteiger partial charge in [-0.1, -0.05) is 0 Å². The van der Waals surface area contributed by atoms with E-state index in [4.69, 9.17) is 30.9 Å². The van der Waals surface area contributed by atoms with Gasteiger partial charge in [0.05, 0.1) is 0 Å². The Morgan fingerprint density at radius 1 is 0.385 bits per heavy atom. The van der Waals surface area contributed by atoms with Gasteiger partial charge in [0.15, 0.2) is 0 Å². The second-order valence-corrected chi connectivity index (χ2v) is 3.80. The molecule has 0 aromatic heterocycles. The predicted molar refractivity (Wildman–Crippen MR) is 0 cm³/mol. The average molecular weight is 581 g/mol. The second-order valence-electron chi connectivity index (χ2n) is 0.567. The molecule has 0 unspecified atom stereocenters. The number of halogens is 3. The van der Waals surface area contributed by atoms with E-state index in [0.717, 1.165) is 0 Å². The van der Waals surface area contributed by atoms with Crippen LogP contribution in [0.3, 0.4) is 0 Å². The van der Waals surface area contributed by atoms with Crippen LogP contribution in [0.4, 0.5) is 0 Å². The van der Waals surface area contributed by atoms with Gasteiger partial charge in [0.2, 0.25) is 0 Å². The summed E-state index contributed by atoms with van der Waals surface area (Å²) in [5, 5.41) is 0. The summed E-state index contributed by atoms with van der Waals surface area (Å²) in [7, 11) is 0. The Kier molecular flexibility index (Phi) is 37.5. The molecule has 0 atom stereocenters. The molecule has 0 saturated carbocycles. The van der Waals surface area contributed by atoms with Gasteiger partial charge >= 0.3 is 17.1 Å². The van der Waals surface area contributed by atoms with Crippen LogP contribution < -0.4 is 94.1 Å². The van der Waals surface area contributed by atoms with Gasteiger partial charge in [0.25, 0.3) is 63.2 Å². The molecule has 0 aromatic carbocycles. The maximum atomic E-state index is 8.57. The maximum absolute atomic E-state index is 8.57. The van der Waals surface area contributed by atoms with E-state index in [2.05, 4.69) is 0 Å². The largest absolute Gasteiger partial charge is 3.00 e. The molecule has 13 heavy (non-hydrogen) atoms. The zero-order valence-electron chi connectivity index (χ0n) is 5.16. The second kappa shape index (κ2) is 19.9. The van der Waals surface area contributed by atoms with Crippen LogP contribution >= 0.6 is 0 Å². The molecule has 0 N–H and O–H groups in total. The normalized spacial score (nSPS) is 8.31. The van der Waals surface area contributed by atoms with E-state index in [-0.39, 0.29) is 17.1 Å². The van der Waals surface area contributed by atoms with Gasteiger partial charge in [0.1, 0.15) is 0 Å². The average Bonchev–Trinajstić information content (AvgIpc) is 1.54. The Labute approximate surface area is 110 Å². The van der Waals surface area contributed by atoms with Crippen LogP contribution in [-0.2, 0) is 17.1 Å². The molecular formula is FeI3O9. The van der Waals surface area contributed by atoms with Crippen molar-refractivity contribution in [1.82, 2.24) is 0 Å². The minimum absolute atomic E-state index is 0. The molecule has 0 aliphatic carbocycles. The monoisotopic (exact) mass is 581 g/mol. The van der Waals surface area contributed by atoms with Crippen molar-refractivity contribution in [2.75, 3.05) is 0 Å². The van der Waals surface area contributed by atoms with E-state index in [1.54, 1.807) is 0 Å². The molecule has 0 heterocycles. The molecule has 0 spiro atoms. The number of hydrogen-bond acceptors (Lipinski definition) is 9. The van der Waals surface area contributed by atoms with Crippen LogP contribution in [-0.4, -0.2) is 0 Å². The first-order valence-corrected chi connectivity index (χ1v) is 9.32. The zero-order chi connectivity index (χ0) is 10.7. The fourth-order valence-electron chi connectivity index (χ4n) is 0. The summed E-state index contributed by atoms with van der Waals surface area (Å²) in [6.45, 7) is 0. The smallest absolute Gasteiger partial charge is 0.427 e. The van der Waals surface area contributed by atoms with E-state index < -0.39 is 63.2 Å². The SMILES string of the molecule is [Fe+3].[O-][I+2]([O-])[O-].[O-][I+2]([O-])[O-].[O-][I+2]([O-])[O-]. The molecule has 0 bridgehead atoms. The van der Waals surface area contributed by atoms with E-state index >= 15 is 0 Å². The van der Waals surface area contributed by atoms with Crippen LogP contribution in [0.2, 0.25) is 0 Å². The number of rotatable bonds is 0. The van der Waals surface area contributed by atoms with Crippen LogP contribution in [0.5, 0.6) is 0 Å². The van der Waals surface area contributed by atoms with Crippen LogP contribution in [0, 0.1) is 0 Å². The van der Waals surface area contributed by atoms with Crippen LogP contribution in [0.15, 0.2) is 0 Å². The number of hydrogen-bond donors (Lipinski definition) is 0. The predicted octanol–water partition coefficient (Wildman–Crippen LogP) is -19.7. The van der Waals surface area contributed by atoms with E-state index in [9.17, 15) is 0 Å². The molecule has 0 aliphatic heterocycles. The maximum Gasteiger partial charge on any atom is 3.00 e. The molecule has 1 radical (unpaired) electrons. The van der Waals surface area contributed by atoms with Gasteiger partial charge in [-0.15, -0.1) is 0 Å². The Hall–Kier alpha value is 2.35. The third-order valence-corrected chi connectivity index (χ3v) is 0. The summed E-state index contributed by atoms with van der Waals surface area (Å²) in [5.41, 5.74) is 0. The van der Waals surface area contributed by atoms with Crippen molar-refractivity contribution < 1.29 is 111 Å². The van der Waals surface area contributed by atoms with Gasteiger partial charge in [-0.05, 0) is 0 Å². The molecule has 0 saturated heterocycles. The van der Waals surface area contributed by atoms with Gasteiger partial charge < -0.3 is 30.9 Å². The summed E-state index contributed by atoms with van der Waals surface area (Å²) < 4.78 is 77.2. The van der Waals surface area contributed by atoms with Crippen molar-refractivity contribution in [3.63, 3.8) is 0 Å². The van der Waals surface area contributed by atoms with E-state index in [1.165, 1.54) is 0 Å². The fraction of sp³-hybridized carbons (Fsp3) is 0. The van der Waals surface area contributed by atoms with Gasteiger partial charge in [-0.25, -0.2) is 0 Å². The van der Waals surface area contributed by atoms with Crippen molar-refractivity contribution in [3.8, 4) is 0 Å². The molecule has 0 aliphatic rings. The van der Waals surface area contributed by atoms with Crippen molar-refractivity contribution >= 4 is 0 Å². The van der Waals surface area contributed by atoms with Gasteiger partial charge in [-0.3, -0.25) is 0 Å². The van der Waals surface area contributed by atoms with Crippen molar-refractivity contribution in [2.45, 2.75) is 0 Å². The molecule has 13 heteroatoms. The molecule has 0 amide bonds. The van der Waals surface area contributed by atoms with Crippen molar-refractivity contribution in [2.24, 2.45) is 0 Å². The van der Waals surface area contributed by atoms with Crippen LogP contribution in [0.25, 0.3) is 0 Å². The minimum Gasteiger partial charge on any atom is -0.427 e. The van der Waals surface area contributed by atoms with Gasteiger partial charge in [0, 0.05) is 0 Å². The molecule has 9 nitrogen and oxygen atoms in total. The Bertz CT molecular complexity index is 43.4. The topological polar surface area (TPSA) is 208 Å². The first-order chi connectivity index (χ1) is 5.20. The Morgan fingerprint density at radius 2 is 0.385 bits per heavy atom. The van der Waals surface area contributed by atoms with Crippen molar-refractivity contribution in [3.05, 3.63) is 0 Å². The summed E-state index contributed by atoms with van der Waals surface area (Å²) in [5.74, 6) is 0. The summed E-state index contributed by atoms with van der Waals surface area (Å²) in [4.78, 5) is 0. The molecular weight excluding hydrogens is 581 g/mol. The first-order valence-electron chi connectivity index (χ1n) is 1.39. The molecule has 83 valence electrons. The third kappa shape index (κ3) is 396. The minimum atomic E-state index is -4.01. The standard InChI is InChI=1S/Fe.3IO3/c;3*2-1(3)4/q+3;3*-1. The quantitative estimate of drug-likeness (QED) is 0.197. The molecule has 0 aromatic rings. The van der Waals surface area contributed by atoms with E-state index in [0.29, 0.717) is 0 Å². The van der Waals surface area contributed by atoms with Gasteiger partial charge in [-0.2, -0.15) is 0 Å². The summed E-state index contributed by atoms with van der Waals surface area (Å²) >= 11 is -12.0. The molecule has 0 fully saturated rings. The van der Waals surface area contributed by atoms with E-state index in [1.807, 2.05) is 0 Å². The zero-order valence-corrected chi connectivity index (χ0v) is 12.7. The fourth-order valence-corrected chi connectivity index (χ4v) is 0. The van der Waals surface area contributed by atoms with Crippen LogP contribution in [0.1, 0.15) is 0 Å². The Morgan fingerprint density at radius 3 is 0.385 bits per heavy atom. The third-order valence-electron chi connectivity index (χ3n) is 0. The molecule has 0 rings (SSSR count).